The van der Waals surface area contributed by atoms with E-state index >= 15 is 0 Å². The molecule has 0 saturated carbocycles. The van der Waals surface area contributed by atoms with Gasteiger partial charge in [-0.15, -0.1) is 11.3 Å². The SMILES string of the molecule is CCCC(NC(=O)c1cc(Br)c(Br)s1)c1ccccc1. The normalized spacial score (nSPS) is 12.2. The maximum absolute atomic E-state index is 12.3. The van der Waals surface area contributed by atoms with Gasteiger partial charge < -0.3 is 5.32 Å². The van der Waals surface area contributed by atoms with Crippen molar-refractivity contribution in [2.24, 2.45) is 0 Å². The van der Waals surface area contributed by atoms with Gasteiger partial charge in [-0.25, -0.2) is 0 Å². The molecule has 2 rings (SSSR count). The maximum Gasteiger partial charge on any atom is 0.261 e. The van der Waals surface area contributed by atoms with Crippen LogP contribution >= 0.6 is 43.2 Å². The molecule has 2 nitrogen and oxygen atoms in total. The number of rotatable bonds is 5. The van der Waals surface area contributed by atoms with Crippen molar-refractivity contribution < 1.29 is 4.79 Å². The van der Waals surface area contributed by atoms with E-state index in [1.807, 2.05) is 24.3 Å². The van der Waals surface area contributed by atoms with Crippen LogP contribution in [0.5, 0.6) is 0 Å². The summed E-state index contributed by atoms with van der Waals surface area (Å²) in [4.78, 5) is 13.0. The van der Waals surface area contributed by atoms with Gasteiger partial charge in [0.05, 0.1) is 14.7 Å². The number of hydrogen-bond donors (Lipinski definition) is 1. The molecule has 20 heavy (non-hydrogen) atoms. The fourth-order valence-corrected chi connectivity index (χ4v) is 3.92. The van der Waals surface area contributed by atoms with Gasteiger partial charge in [-0.2, -0.15) is 0 Å². The zero-order chi connectivity index (χ0) is 14.5. The molecule has 1 atom stereocenters. The predicted molar refractivity (Wildman–Crippen MR) is 91.3 cm³/mol. The zero-order valence-corrected chi connectivity index (χ0v) is 15.0. The Morgan fingerprint density at radius 1 is 1.30 bits per heavy atom. The van der Waals surface area contributed by atoms with Crippen molar-refractivity contribution in [3.05, 3.63) is 55.1 Å². The molecule has 0 aliphatic rings. The van der Waals surface area contributed by atoms with E-state index in [9.17, 15) is 4.79 Å². The van der Waals surface area contributed by atoms with Crippen molar-refractivity contribution >= 4 is 49.1 Å². The molecule has 1 unspecified atom stereocenters. The minimum Gasteiger partial charge on any atom is -0.345 e. The van der Waals surface area contributed by atoms with Gasteiger partial charge in [-0.3, -0.25) is 4.79 Å². The lowest BCUT2D eigenvalue weighted by molar-refractivity contribution is 0.0938. The number of halogens is 2. The predicted octanol–water partition coefficient (Wildman–Crippen LogP) is 5.54. The largest absolute Gasteiger partial charge is 0.345 e. The first-order valence-electron chi connectivity index (χ1n) is 6.42. The summed E-state index contributed by atoms with van der Waals surface area (Å²) in [6, 6.07) is 12.0. The number of nitrogens with one attached hydrogen (secondary N) is 1. The molecule has 1 amide bonds. The lowest BCUT2D eigenvalue weighted by atomic mass is 10.0. The fourth-order valence-electron chi connectivity index (χ4n) is 1.98. The summed E-state index contributed by atoms with van der Waals surface area (Å²) < 4.78 is 1.86. The van der Waals surface area contributed by atoms with E-state index in [0.717, 1.165) is 26.7 Å². The molecule has 1 aromatic heterocycles. The Morgan fingerprint density at radius 3 is 2.55 bits per heavy atom. The van der Waals surface area contributed by atoms with Crippen LogP contribution in [0.4, 0.5) is 0 Å². The van der Waals surface area contributed by atoms with Crippen molar-refractivity contribution in [2.75, 3.05) is 0 Å². The summed E-state index contributed by atoms with van der Waals surface area (Å²) in [7, 11) is 0. The second-order valence-electron chi connectivity index (χ2n) is 4.46. The van der Waals surface area contributed by atoms with Crippen LogP contribution in [0, 0.1) is 0 Å². The quantitative estimate of drug-likeness (QED) is 0.680. The number of benzene rings is 1. The highest BCUT2D eigenvalue weighted by Crippen LogP contribution is 2.32. The Kier molecular flexibility index (Phi) is 5.81. The van der Waals surface area contributed by atoms with E-state index in [1.54, 1.807) is 0 Å². The highest BCUT2D eigenvalue weighted by molar-refractivity contribution is 9.13. The smallest absolute Gasteiger partial charge is 0.261 e. The second kappa shape index (κ2) is 7.38. The number of carbonyl (C=O) groups excluding carboxylic acids is 1. The van der Waals surface area contributed by atoms with Crippen LogP contribution in [-0.2, 0) is 0 Å². The van der Waals surface area contributed by atoms with Gasteiger partial charge in [0.15, 0.2) is 0 Å². The zero-order valence-electron chi connectivity index (χ0n) is 11.0. The summed E-state index contributed by atoms with van der Waals surface area (Å²) >= 11 is 8.26. The van der Waals surface area contributed by atoms with Crippen molar-refractivity contribution in [2.45, 2.75) is 25.8 Å². The molecule has 106 valence electrons. The van der Waals surface area contributed by atoms with Crippen molar-refractivity contribution in [3.63, 3.8) is 0 Å². The van der Waals surface area contributed by atoms with E-state index in [-0.39, 0.29) is 11.9 Å². The highest BCUT2D eigenvalue weighted by atomic mass is 79.9. The minimum atomic E-state index is -0.0243. The Labute approximate surface area is 139 Å². The van der Waals surface area contributed by atoms with E-state index in [1.165, 1.54) is 11.3 Å². The fraction of sp³-hybridized carbons (Fsp3) is 0.267. The van der Waals surface area contributed by atoms with Gasteiger partial charge in [0.2, 0.25) is 0 Å². The first-order valence-corrected chi connectivity index (χ1v) is 8.82. The number of amides is 1. The maximum atomic E-state index is 12.3. The number of carbonyl (C=O) groups is 1. The highest BCUT2D eigenvalue weighted by Gasteiger charge is 2.17. The van der Waals surface area contributed by atoms with Gasteiger partial charge in [0, 0.05) is 4.47 Å². The third kappa shape index (κ3) is 3.93. The van der Waals surface area contributed by atoms with E-state index < -0.39 is 0 Å². The lowest BCUT2D eigenvalue weighted by Crippen LogP contribution is -2.27. The van der Waals surface area contributed by atoms with Crippen molar-refractivity contribution in [3.8, 4) is 0 Å². The Morgan fingerprint density at radius 2 is 2.00 bits per heavy atom. The first-order chi connectivity index (χ1) is 9.61. The van der Waals surface area contributed by atoms with Crippen LogP contribution in [-0.4, -0.2) is 5.91 Å². The topological polar surface area (TPSA) is 29.1 Å². The van der Waals surface area contributed by atoms with Crippen LogP contribution in [0.3, 0.4) is 0 Å². The van der Waals surface area contributed by atoms with Crippen LogP contribution in [0.15, 0.2) is 44.7 Å². The average molecular weight is 417 g/mol. The molecule has 5 heteroatoms. The Hall–Kier alpha value is -0.650. The summed E-state index contributed by atoms with van der Waals surface area (Å²) in [6.07, 6.45) is 1.96. The van der Waals surface area contributed by atoms with Crippen molar-refractivity contribution in [1.82, 2.24) is 5.32 Å². The molecule has 0 aliphatic heterocycles. The molecule has 1 aromatic carbocycles. The Balaban J connectivity index is 2.14. The number of thiophene rings is 1. The average Bonchev–Trinajstić information content (AvgIpc) is 2.79. The molecule has 0 bridgehead atoms. The summed E-state index contributed by atoms with van der Waals surface area (Å²) in [5, 5.41) is 3.12. The van der Waals surface area contributed by atoms with Crippen LogP contribution in [0.25, 0.3) is 0 Å². The van der Waals surface area contributed by atoms with Gasteiger partial charge in [0.1, 0.15) is 0 Å². The van der Waals surface area contributed by atoms with Gasteiger partial charge in [0.25, 0.3) is 5.91 Å². The van der Waals surface area contributed by atoms with Crippen LogP contribution < -0.4 is 5.32 Å². The van der Waals surface area contributed by atoms with Crippen LogP contribution in [0.1, 0.15) is 41.0 Å². The standard InChI is InChI=1S/C15H15Br2NOS/c1-2-6-12(10-7-4-3-5-8-10)18-15(19)13-9-11(16)14(17)20-13/h3-5,7-9,12H,2,6H2,1H3,(H,18,19). The lowest BCUT2D eigenvalue weighted by Gasteiger charge is -2.18. The molecular formula is C15H15Br2NOS. The molecule has 0 radical (unpaired) electrons. The third-order valence-electron chi connectivity index (χ3n) is 2.95. The molecule has 0 aliphatic carbocycles. The molecule has 0 fully saturated rings. The molecular weight excluding hydrogens is 402 g/mol. The summed E-state index contributed by atoms with van der Waals surface area (Å²) in [6.45, 7) is 2.13. The monoisotopic (exact) mass is 415 g/mol. The van der Waals surface area contributed by atoms with Crippen LogP contribution in [0.2, 0.25) is 0 Å². The van der Waals surface area contributed by atoms with Gasteiger partial charge in [-0.1, -0.05) is 43.7 Å². The Bertz CT molecular complexity index is 563. The summed E-state index contributed by atoms with van der Waals surface area (Å²) in [5.41, 5.74) is 1.15. The second-order valence-corrected chi connectivity index (χ2v) is 7.68. The molecule has 2 aromatic rings. The van der Waals surface area contributed by atoms with Crippen molar-refractivity contribution in [1.29, 1.82) is 0 Å². The third-order valence-corrected chi connectivity index (χ3v) is 6.21. The van der Waals surface area contributed by atoms with Gasteiger partial charge in [-0.05, 0) is 49.9 Å². The molecule has 0 saturated heterocycles. The molecule has 1 heterocycles. The minimum absolute atomic E-state index is 0.0243. The molecule has 0 spiro atoms. The number of hydrogen-bond acceptors (Lipinski definition) is 2. The summed E-state index contributed by atoms with van der Waals surface area (Å²) in [5.74, 6) is -0.0243. The van der Waals surface area contributed by atoms with E-state index in [0.29, 0.717) is 4.88 Å². The van der Waals surface area contributed by atoms with E-state index in [2.05, 4.69) is 56.2 Å². The van der Waals surface area contributed by atoms with Gasteiger partial charge >= 0.3 is 0 Å². The van der Waals surface area contributed by atoms with E-state index in [4.69, 9.17) is 0 Å². The first kappa shape index (κ1) is 15.7. The molecule has 1 N–H and O–H groups in total.